The zero-order chi connectivity index (χ0) is 17.6. The van der Waals surface area contributed by atoms with Gasteiger partial charge in [0.15, 0.2) is 0 Å². The Kier molecular flexibility index (Phi) is 6.24. The summed E-state index contributed by atoms with van der Waals surface area (Å²) in [7, 11) is 0. The molecule has 3 rings (SSSR count). The zero-order valence-electron chi connectivity index (χ0n) is 15.5. The molecular formula is C19H30N4O2. The highest BCUT2D eigenvalue weighted by Crippen LogP contribution is 2.28. The van der Waals surface area contributed by atoms with Crippen molar-refractivity contribution in [2.24, 2.45) is 5.92 Å². The van der Waals surface area contributed by atoms with Crippen LogP contribution in [0, 0.1) is 19.8 Å². The van der Waals surface area contributed by atoms with Crippen LogP contribution in [-0.4, -0.2) is 42.2 Å². The number of nitrogens with one attached hydrogen (secondary N) is 1. The van der Waals surface area contributed by atoms with Crippen LogP contribution in [0.2, 0.25) is 0 Å². The number of ether oxygens (including phenoxy) is 1. The lowest BCUT2D eigenvalue weighted by Gasteiger charge is -2.27. The molecule has 0 radical (unpaired) electrons. The van der Waals surface area contributed by atoms with Crippen molar-refractivity contribution in [3.63, 3.8) is 0 Å². The molecule has 0 atom stereocenters. The van der Waals surface area contributed by atoms with Crippen molar-refractivity contribution >= 4 is 17.5 Å². The summed E-state index contributed by atoms with van der Waals surface area (Å²) in [5, 5.41) is 3.04. The molecule has 25 heavy (non-hydrogen) atoms. The molecule has 0 bridgehead atoms. The van der Waals surface area contributed by atoms with Gasteiger partial charge in [-0.15, -0.1) is 0 Å². The van der Waals surface area contributed by atoms with E-state index in [4.69, 9.17) is 4.74 Å². The van der Waals surface area contributed by atoms with E-state index in [-0.39, 0.29) is 5.91 Å². The number of anilines is 2. The third kappa shape index (κ3) is 4.91. The molecule has 1 aliphatic heterocycles. The largest absolute Gasteiger partial charge is 0.378 e. The first-order valence-corrected chi connectivity index (χ1v) is 9.61. The van der Waals surface area contributed by atoms with Gasteiger partial charge < -0.3 is 15.0 Å². The summed E-state index contributed by atoms with van der Waals surface area (Å²) in [5.41, 5.74) is 2.44. The molecular weight excluding hydrogens is 316 g/mol. The Bertz CT molecular complexity index is 570. The van der Waals surface area contributed by atoms with Gasteiger partial charge >= 0.3 is 0 Å². The predicted octanol–water partition coefficient (Wildman–Crippen LogP) is 3.23. The van der Waals surface area contributed by atoms with Crippen molar-refractivity contribution < 1.29 is 9.53 Å². The molecule has 1 saturated carbocycles. The summed E-state index contributed by atoms with van der Waals surface area (Å²) in [6, 6.07) is 0. The normalized spacial score (nSPS) is 19.0. The van der Waals surface area contributed by atoms with Gasteiger partial charge in [0.05, 0.1) is 30.3 Å². The van der Waals surface area contributed by atoms with Crippen LogP contribution in [0.25, 0.3) is 0 Å². The molecule has 138 valence electrons. The molecule has 0 aromatic carbocycles. The van der Waals surface area contributed by atoms with E-state index < -0.39 is 0 Å². The van der Waals surface area contributed by atoms with E-state index in [1.165, 1.54) is 32.1 Å². The van der Waals surface area contributed by atoms with Crippen LogP contribution in [-0.2, 0) is 9.53 Å². The number of carbonyl (C=O) groups is 1. The number of morpholine rings is 1. The minimum atomic E-state index is 0.0829. The number of hydrogen-bond acceptors (Lipinski definition) is 5. The zero-order valence-corrected chi connectivity index (χ0v) is 15.5. The molecule has 2 heterocycles. The monoisotopic (exact) mass is 346 g/mol. The summed E-state index contributed by atoms with van der Waals surface area (Å²) >= 11 is 0. The molecule has 2 fully saturated rings. The first kappa shape index (κ1) is 18.1. The van der Waals surface area contributed by atoms with E-state index in [1.807, 2.05) is 13.8 Å². The van der Waals surface area contributed by atoms with Gasteiger partial charge in [-0.05, 0) is 26.2 Å². The second-order valence-electron chi connectivity index (χ2n) is 7.26. The van der Waals surface area contributed by atoms with Gasteiger partial charge in [0.1, 0.15) is 0 Å². The van der Waals surface area contributed by atoms with E-state index in [1.54, 1.807) is 0 Å². The third-order valence-corrected chi connectivity index (χ3v) is 5.32. The Labute approximate surface area is 150 Å². The number of rotatable bonds is 5. The maximum absolute atomic E-state index is 12.4. The lowest BCUT2D eigenvalue weighted by molar-refractivity contribution is -0.116. The molecule has 1 aromatic heterocycles. The number of amides is 1. The Hall–Kier alpha value is -1.69. The van der Waals surface area contributed by atoms with Crippen molar-refractivity contribution in [3.8, 4) is 0 Å². The molecule has 1 amide bonds. The number of carbonyl (C=O) groups excluding carboxylic acids is 1. The summed E-state index contributed by atoms with van der Waals surface area (Å²) in [6.07, 6.45) is 8.15. The smallest absolute Gasteiger partial charge is 0.226 e. The number of aromatic nitrogens is 2. The van der Waals surface area contributed by atoms with Crippen LogP contribution >= 0.6 is 0 Å². The molecule has 6 heteroatoms. The topological polar surface area (TPSA) is 67.3 Å². The first-order valence-electron chi connectivity index (χ1n) is 9.61. The van der Waals surface area contributed by atoms with Crippen molar-refractivity contribution in [3.05, 3.63) is 11.4 Å². The van der Waals surface area contributed by atoms with E-state index in [0.29, 0.717) is 19.6 Å². The maximum atomic E-state index is 12.4. The molecule has 0 spiro atoms. The van der Waals surface area contributed by atoms with Gasteiger partial charge in [-0.1, -0.05) is 32.1 Å². The summed E-state index contributed by atoms with van der Waals surface area (Å²) in [6.45, 7) is 6.92. The van der Waals surface area contributed by atoms with Gasteiger partial charge in [0, 0.05) is 19.5 Å². The predicted molar refractivity (Wildman–Crippen MR) is 99.0 cm³/mol. The molecule has 1 aromatic rings. The second-order valence-corrected chi connectivity index (χ2v) is 7.26. The molecule has 1 aliphatic carbocycles. The quantitative estimate of drug-likeness (QED) is 0.886. The highest BCUT2D eigenvalue weighted by atomic mass is 16.5. The van der Waals surface area contributed by atoms with Crippen molar-refractivity contribution in [1.29, 1.82) is 0 Å². The highest BCUT2D eigenvalue weighted by Gasteiger charge is 2.19. The van der Waals surface area contributed by atoms with Gasteiger partial charge in [0.2, 0.25) is 11.9 Å². The Balaban J connectivity index is 1.58. The molecule has 1 N–H and O–H groups in total. The van der Waals surface area contributed by atoms with E-state index in [0.717, 1.165) is 48.5 Å². The number of hydrogen-bond donors (Lipinski definition) is 1. The first-order chi connectivity index (χ1) is 12.1. The fourth-order valence-electron chi connectivity index (χ4n) is 3.80. The Morgan fingerprint density at radius 2 is 1.76 bits per heavy atom. The second kappa shape index (κ2) is 8.61. The molecule has 0 unspecified atom stereocenters. The summed E-state index contributed by atoms with van der Waals surface area (Å²) < 4.78 is 5.38. The maximum Gasteiger partial charge on any atom is 0.226 e. The van der Waals surface area contributed by atoms with Gasteiger partial charge in [-0.2, -0.15) is 0 Å². The fraction of sp³-hybridized carbons (Fsp3) is 0.737. The molecule has 2 aliphatic rings. The van der Waals surface area contributed by atoms with Crippen LogP contribution in [0.4, 0.5) is 11.6 Å². The lowest BCUT2D eigenvalue weighted by atomic mass is 9.86. The Morgan fingerprint density at radius 3 is 2.40 bits per heavy atom. The van der Waals surface area contributed by atoms with Gasteiger partial charge in [-0.3, -0.25) is 4.79 Å². The SMILES string of the molecule is Cc1nc(N2CCOCC2)nc(C)c1NC(=O)CCC1CCCCC1. The number of nitrogens with zero attached hydrogens (tertiary/aromatic N) is 3. The van der Waals surface area contributed by atoms with Crippen LogP contribution in [0.5, 0.6) is 0 Å². The minimum absolute atomic E-state index is 0.0829. The standard InChI is InChI=1S/C19H30N4O2/c1-14-18(22-17(24)9-8-16-6-4-3-5-7-16)15(2)21-19(20-14)23-10-12-25-13-11-23/h16H,3-13H2,1-2H3,(H,22,24). The molecule has 6 nitrogen and oxygen atoms in total. The van der Waals surface area contributed by atoms with Crippen LogP contribution in [0.1, 0.15) is 56.3 Å². The fourth-order valence-corrected chi connectivity index (χ4v) is 3.80. The highest BCUT2D eigenvalue weighted by molar-refractivity contribution is 5.91. The van der Waals surface area contributed by atoms with Crippen LogP contribution < -0.4 is 10.2 Å². The average molecular weight is 346 g/mol. The molecule has 1 saturated heterocycles. The van der Waals surface area contributed by atoms with Crippen molar-refractivity contribution in [2.45, 2.75) is 58.8 Å². The van der Waals surface area contributed by atoms with E-state index >= 15 is 0 Å². The Morgan fingerprint density at radius 1 is 1.12 bits per heavy atom. The van der Waals surface area contributed by atoms with Crippen LogP contribution in [0.3, 0.4) is 0 Å². The van der Waals surface area contributed by atoms with E-state index in [2.05, 4.69) is 20.2 Å². The van der Waals surface area contributed by atoms with Gasteiger partial charge in [-0.25, -0.2) is 9.97 Å². The van der Waals surface area contributed by atoms with Crippen LogP contribution in [0.15, 0.2) is 0 Å². The summed E-state index contributed by atoms with van der Waals surface area (Å²) in [4.78, 5) is 23.7. The number of aryl methyl sites for hydroxylation is 2. The average Bonchev–Trinajstić information content (AvgIpc) is 2.64. The summed E-state index contributed by atoms with van der Waals surface area (Å²) in [5.74, 6) is 1.54. The van der Waals surface area contributed by atoms with Crippen molar-refractivity contribution in [2.75, 3.05) is 36.5 Å². The third-order valence-electron chi connectivity index (χ3n) is 5.32. The van der Waals surface area contributed by atoms with E-state index in [9.17, 15) is 4.79 Å². The minimum Gasteiger partial charge on any atom is -0.378 e. The van der Waals surface area contributed by atoms with Gasteiger partial charge in [0.25, 0.3) is 0 Å². The van der Waals surface area contributed by atoms with Crippen molar-refractivity contribution in [1.82, 2.24) is 9.97 Å². The lowest BCUT2D eigenvalue weighted by Crippen LogP contribution is -2.37.